The maximum absolute atomic E-state index is 13.8. The Labute approximate surface area is 178 Å². The summed E-state index contributed by atoms with van der Waals surface area (Å²) in [5.74, 6) is -1.04. The first-order valence-electron chi connectivity index (χ1n) is 8.73. The fraction of sp³-hybridized carbons (Fsp3) is 0.0952. The molecule has 2 heterocycles. The van der Waals surface area contributed by atoms with Gasteiger partial charge in [0.15, 0.2) is 0 Å². The van der Waals surface area contributed by atoms with Crippen molar-refractivity contribution in [3.05, 3.63) is 80.4 Å². The summed E-state index contributed by atoms with van der Waals surface area (Å²) in [5, 5.41) is 2.97. The summed E-state index contributed by atoms with van der Waals surface area (Å²) in [6.45, 7) is 1.68. The molecule has 0 aliphatic rings. The van der Waals surface area contributed by atoms with Gasteiger partial charge >= 0.3 is 0 Å². The molecule has 0 fully saturated rings. The summed E-state index contributed by atoms with van der Waals surface area (Å²) < 4.78 is 15.9. The van der Waals surface area contributed by atoms with E-state index in [2.05, 4.69) is 26.2 Å². The van der Waals surface area contributed by atoms with E-state index in [1.807, 2.05) is 31.2 Å². The van der Waals surface area contributed by atoms with E-state index >= 15 is 0 Å². The molecule has 0 bridgehead atoms. The van der Waals surface area contributed by atoms with Crippen LogP contribution in [0.1, 0.15) is 4.88 Å². The van der Waals surface area contributed by atoms with E-state index in [4.69, 9.17) is 0 Å². The number of carbonyl (C=O) groups is 1. The lowest BCUT2D eigenvalue weighted by Crippen LogP contribution is -2.28. The summed E-state index contributed by atoms with van der Waals surface area (Å²) in [7, 11) is 0. The average Bonchev–Trinajstić information content (AvgIpc) is 3.03. The first-order chi connectivity index (χ1) is 13.9. The third-order valence-corrected chi connectivity index (χ3v) is 5.99. The molecule has 29 heavy (non-hydrogen) atoms. The van der Waals surface area contributed by atoms with Crippen LogP contribution in [0.5, 0.6) is 0 Å². The van der Waals surface area contributed by atoms with Crippen LogP contribution in [0.25, 0.3) is 21.3 Å². The van der Waals surface area contributed by atoms with Gasteiger partial charge in [0, 0.05) is 14.9 Å². The second kappa shape index (κ2) is 7.88. The van der Waals surface area contributed by atoms with Crippen LogP contribution in [0.2, 0.25) is 0 Å². The minimum Gasteiger partial charge on any atom is -0.322 e. The van der Waals surface area contributed by atoms with Crippen molar-refractivity contribution in [3.8, 4) is 11.1 Å². The minimum absolute atomic E-state index is 0.0708. The first kappa shape index (κ1) is 19.5. The Kier molecular flexibility index (Phi) is 5.29. The Morgan fingerprint density at radius 3 is 2.66 bits per heavy atom. The third-order valence-electron chi connectivity index (χ3n) is 4.45. The molecule has 0 unspecified atom stereocenters. The molecule has 2 aromatic carbocycles. The van der Waals surface area contributed by atoms with E-state index in [-0.39, 0.29) is 17.8 Å². The molecule has 0 radical (unpaired) electrons. The van der Waals surface area contributed by atoms with E-state index in [0.29, 0.717) is 10.2 Å². The van der Waals surface area contributed by atoms with Gasteiger partial charge in [0.1, 0.15) is 17.2 Å². The molecular formula is C21H15BrFN3O2S. The number of hydrogen-bond acceptors (Lipinski definition) is 4. The number of hydrogen-bond donors (Lipinski definition) is 1. The summed E-state index contributed by atoms with van der Waals surface area (Å²) >= 11 is 4.85. The minimum atomic E-state index is -0.534. The molecule has 0 saturated heterocycles. The zero-order chi connectivity index (χ0) is 20.5. The number of benzene rings is 2. The monoisotopic (exact) mass is 471 g/mol. The van der Waals surface area contributed by atoms with Crippen LogP contribution in [0.3, 0.4) is 0 Å². The summed E-state index contributed by atoms with van der Waals surface area (Å²) in [6.07, 6.45) is 1.35. The maximum Gasteiger partial charge on any atom is 0.263 e. The Bertz CT molecular complexity index is 1280. The lowest BCUT2D eigenvalue weighted by atomic mass is 10.0. The Hall–Kier alpha value is -2.84. The van der Waals surface area contributed by atoms with E-state index in [1.54, 1.807) is 6.07 Å². The normalized spacial score (nSPS) is 11.0. The number of carbonyl (C=O) groups excluding carboxylic acids is 1. The molecule has 2 aromatic heterocycles. The van der Waals surface area contributed by atoms with Crippen molar-refractivity contribution in [2.75, 3.05) is 5.32 Å². The molecule has 0 aliphatic carbocycles. The topological polar surface area (TPSA) is 64.0 Å². The standard InChI is InChI=1S/C21H15BrFN3O2S/c1-12-18(13-6-8-14(22)9-7-13)19-20(29-12)24-11-26(21(19)28)10-17(27)25-16-5-3-2-4-15(16)23/h2-9,11H,10H2,1H3,(H,25,27). The smallest absolute Gasteiger partial charge is 0.263 e. The highest BCUT2D eigenvalue weighted by Gasteiger charge is 2.18. The number of fused-ring (bicyclic) bond motifs is 1. The molecule has 4 rings (SSSR count). The summed E-state index contributed by atoms with van der Waals surface area (Å²) in [4.78, 5) is 31.4. The van der Waals surface area contributed by atoms with Gasteiger partial charge in [0.25, 0.3) is 5.56 Å². The van der Waals surface area contributed by atoms with Gasteiger partial charge in [-0.1, -0.05) is 40.2 Å². The molecule has 146 valence electrons. The van der Waals surface area contributed by atoms with Gasteiger partial charge in [-0.05, 0) is 36.8 Å². The van der Waals surface area contributed by atoms with Gasteiger partial charge in [0.05, 0.1) is 17.4 Å². The number of rotatable bonds is 4. The van der Waals surface area contributed by atoms with Crippen LogP contribution in [0.4, 0.5) is 10.1 Å². The van der Waals surface area contributed by atoms with Gasteiger partial charge < -0.3 is 5.32 Å². The predicted molar refractivity (Wildman–Crippen MR) is 117 cm³/mol. The number of thiophene rings is 1. The quantitative estimate of drug-likeness (QED) is 0.456. The molecule has 0 spiro atoms. The first-order valence-corrected chi connectivity index (χ1v) is 10.3. The highest BCUT2D eigenvalue weighted by Crippen LogP contribution is 2.35. The van der Waals surface area contributed by atoms with Crippen LogP contribution >= 0.6 is 27.3 Å². The second-order valence-corrected chi connectivity index (χ2v) is 8.54. The highest BCUT2D eigenvalue weighted by molar-refractivity contribution is 9.10. The third kappa shape index (κ3) is 3.86. The SMILES string of the molecule is Cc1sc2ncn(CC(=O)Nc3ccccc3F)c(=O)c2c1-c1ccc(Br)cc1. The van der Waals surface area contributed by atoms with Crippen molar-refractivity contribution in [1.29, 1.82) is 0 Å². The summed E-state index contributed by atoms with van der Waals surface area (Å²) in [5.41, 5.74) is 1.49. The number of nitrogens with zero attached hydrogens (tertiary/aromatic N) is 2. The number of anilines is 1. The van der Waals surface area contributed by atoms with Crippen LogP contribution < -0.4 is 10.9 Å². The molecular weight excluding hydrogens is 457 g/mol. The van der Waals surface area contributed by atoms with Gasteiger partial charge in [0.2, 0.25) is 5.91 Å². The lowest BCUT2D eigenvalue weighted by molar-refractivity contribution is -0.116. The highest BCUT2D eigenvalue weighted by atomic mass is 79.9. The van der Waals surface area contributed by atoms with Gasteiger partial charge in [-0.3, -0.25) is 14.2 Å². The summed E-state index contributed by atoms with van der Waals surface area (Å²) in [6, 6.07) is 13.6. The fourth-order valence-electron chi connectivity index (χ4n) is 3.12. The van der Waals surface area contributed by atoms with Crippen LogP contribution in [0.15, 0.2) is 64.1 Å². The molecule has 8 heteroatoms. The van der Waals surface area contributed by atoms with Crippen LogP contribution in [-0.2, 0) is 11.3 Å². The van der Waals surface area contributed by atoms with Crippen molar-refractivity contribution < 1.29 is 9.18 Å². The predicted octanol–water partition coefficient (Wildman–Crippen LogP) is 4.97. The maximum atomic E-state index is 13.8. The Morgan fingerprint density at radius 1 is 1.21 bits per heavy atom. The Balaban J connectivity index is 1.71. The molecule has 1 N–H and O–H groups in total. The zero-order valence-corrected chi connectivity index (χ0v) is 17.7. The van der Waals surface area contributed by atoms with E-state index < -0.39 is 11.7 Å². The van der Waals surface area contributed by atoms with Crippen molar-refractivity contribution in [1.82, 2.24) is 9.55 Å². The van der Waals surface area contributed by atoms with Gasteiger partial charge in [-0.25, -0.2) is 9.37 Å². The van der Waals surface area contributed by atoms with Crippen molar-refractivity contribution in [2.45, 2.75) is 13.5 Å². The number of aromatic nitrogens is 2. The molecule has 4 aromatic rings. The molecule has 0 aliphatic heterocycles. The van der Waals surface area contributed by atoms with E-state index in [1.165, 1.54) is 40.4 Å². The Morgan fingerprint density at radius 2 is 1.93 bits per heavy atom. The number of aryl methyl sites for hydroxylation is 1. The second-order valence-electron chi connectivity index (χ2n) is 6.43. The van der Waals surface area contributed by atoms with Gasteiger partial charge in [-0.15, -0.1) is 11.3 Å². The molecule has 0 atom stereocenters. The van der Waals surface area contributed by atoms with E-state index in [9.17, 15) is 14.0 Å². The van der Waals surface area contributed by atoms with Crippen LogP contribution in [0, 0.1) is 12.7 Å². The zero-order valence-electron chi connectivity index (χ0n) is 15.3. The largest absolute Gasteiger partial charge is 0.322 e. The average molecular weight is 472 g/mol. The van der Waals surface area contributed by atoms with Crippen LogP contribution in [-0.4, -0.2) is 15.5 Å². The fourth-order valence-corrected chi connectivity index (χ4v) is 4.39. The lowest BCUT2D eigenvalue weighted by Gasteiger charge is -2.08. The number of para-hydroxylation sites is 1. The molecule has 0 saturated carbocycles. The number of halogens is 2. The van der Waals surface area contributed by atoms with Crippen molar-refractivity contribution >= 4 is 49.1 Å². The molecule has 5 nitrogen and oxygen atoms in total. The van der Waals surface area contributed by atoms with Crippen molar-refractivity contribution in [2.24, 2.45) is 0 Å². The van der Waals surface area contributed by atoms with Gasteiger partial charge in [-0.2, -0.15) is 0 Å². The molecule has 1 amide bonds. The van der Waals surface area contributed by atoms with Crippen molar-refractivity contribution in [3.63, 3.8) is 0 Å². The number of nitrogens with one attached hydrogen (secondary N) is 1. The van der Waals surface area contributed by atoms with E-state index in [0.717, 1.165) is 20.5 Å². The number of amides is 1.